The Labute approximate surface area is 142 Å². The third-order valence-corrected chi connectivity index (χ3v) is 6.49. The van der Waals surface area contributed by atoms with Crippen molar-refractivity contribution in [2.45, 2.75) is 65.1 Å². The Morgan fingerprint density at radius 2 is 2.10 bits per heavy atom. The quantitative estimate of drug-likeness (QED) is 0.764. The second kappa shape index (κ2) is 7.58. The molecule has 1 fully saturated rings. The lowest BCUT2D eigenvalue weighted by Gasteiger charge is -2.50. The Morgan fingerprint density at radius 1 is 1.38 bits per heavy atom. The molecular formula is C17H29BrN2S. The molecule has 2 rings (SSSR count). The molecule has 0 aromatic carbocycles. The molecule has 1 saturated heterocycles. The molecule has 4 heteroatoms. The van der Waals surface area contributed by atoms with Crippen molar-refractivity contribution in [1.82, 2.24) is 10.2 Å². The summed E-state index contributed by atoms with van der Waals surface area (Å²) >= 11 is 5.46. The molecule has 0 aliphatic carbocycles. The molecule has 0 spiro atoms. The molecule has 1 aliphatic heterocycles. The lowest BCUT2D eigenvalue weighted by atomic mass is 9.86. The van der Waals surface area contributed by atoms with E-state index in [-0.39, 0.29) is 0 Å². The first-order valence-corrected chi connectivity index (χ1v) is 9.82. The highest BCUT2D eigenvalue weighted by Crippen LogP contribution is 2.32. The van der Waals surface area contributed by atoms with Crippen LogP contribution in [0.1, 0.15) is 51.8 Å². The van der Waals surface area contributed by atoms with E-state index in [0.29, 0.717) is 11.6 Å². The zero-order valence-electron chi connectivity index (χ0n) is 13.8. The van der Waals surface area contributed by atoms with Gasteiger partial charge in [-0.15, -0.1) is 11.3 Å². The van der Waals surface area contributed by atoms with Crippen LogP contribution in [0.2, 0.25) is 0 Å². The maximum absolute atomic E-state index is 3.82. The van der Waals surface area contributed by atoms with Crippen molar-refractivity contribution in [3.63, 3.8) is 0 Å². The van der Waals surface area contributed by atoms with Crippen LogP contribution < -0.4 is 5.32 Å². The van der Waals surface area contributed by atoms with Gasteiger partial charge in [-0.05, 0) is 53.2 Å². The molecule has 0 amide bonds. The van der Waals surface area contributed by atoms with Crippen molar-refractivity contribution >= 4 is 27.3 Å². The summed E-state index contributed by atoms with van der Waals surface area (Å²) in [7, 11) is 0. The SMILES string of the molecule is CCC1(CC)CNC(CC(C)C)CN1Cc1ccc(Br)s1. The third kappa shape index (κ3) is 4.31. The van der Waals surface area contributed by atoms with E-state index in [0.717, 1.165) is 19.0 Å². The smallest absolute Gasteiger partial charge is 0.0701 e. The van der Waals surface area contributed by atoms with Crippen molar-refractivity contribution in [2.75, 3.05) is 13.1 Å². The molecule has 1 unspecified atom stereocenters. The van der Waals surface area contributed by atoms with Crippen LogP contribution in [0.25, 0.3) is 0 Å². The first-order chi connectivity index (χ1) is 9.99. The molecule has 21 heavy (non-hydrogen) atoms. The van der Waals surface area contributed by atoms with Crippen LogP contribution in [0.5, 0.6) is 0 Å². The van der Waals surface area contributed by atoms with Gasteiger partial charge in [-0.3, -0.25) is 4.90 Å². The fourth-order valence-electron chi connectivity index (χ4n) is 3.50. The number of nitrogens with zero attached hydrogens (tertiary/aromatic N) is 1. The average Bonchev–Trinajstić information content (AvgIpc) is 2.85. The van der Waals surface area contributed by atoms with Gasteiger partial charge in [0, 0.05) is 36.1 Å². The Hall–Kier alpha value is 0.1000. The van der Waals surface area contributed by atoms with Crippen LogP contribution in [0.3, 0.4) is 0 Å². The Balaban J connectivity index is 2.12. The van der Waals surface area contributed by atoms with Crippen molar-refractivity contribution in [2.24, 2.45) is 5.92 Å². The van der Waals surface area contributed by atoms with Gasteiger partial charge >= 0.3 is 0 Å². The van der Waals surface area contributed by atoms with E-state index in [1.807, 2.05) is 11.3 Å². The van der Waals surface area contributed by atoms with Crippen LogP contribution >= 0.6 is 27.3 Å². The number of rotatable bonds is 6. The normalized spacial score (nSPS) is 22.9. The van der Waals surface area contributed by atoms with Crippen LogP contribution in [0.15, 0.2) is 15.9 Å². The Morgan fingerprint density at radius 3 is 2.62 bits per heavy atom. The zero-order chi connectivity index (χ0) is 15.5. The number of halogens is 1. The fraction of sp³-hybridized carbons (Fsp3) is 0.765. The molecule has 1 atom stereocenters. The minimum absolute atomic E-state index is 0.323. The van der Waals surface area contributed by atoms with Crippen LogP contribution in [0.4, 0.5) is 0 Å². The first-order valence-electron chi connectivity index (χ1n) is 8.21. The minimum atomic E-state index is 0.323. The summed E-state index contributed by atoms with van der Waals surface area (Å²) in [4.78, 5) is 4.22. The van der Waals surface area contributed by atoms with E-state index < -0.39 is 0 Å². The van der Waals surface area contributed by atoms with E-state index in [4.69, 9.17) is 0 Å². The summed E-state index contributed by atoms with van der Waals surface area (Å²) in [6.07, 6.45) is 3.71. The number of nitrogens with one attached hydrogen (secondary N) is 1. The first kappa shape index (κ1) is 17.5. The maximum Gasteiger partial charge on any atom is 0.0701 e. The summed E-state index contributed by atoms with van der Waals surface area (Å²) in [6.45, 7) is 12.7. The zero-order valence-corrected chi connectivity index (χ0v) is 16.2. The monoisotopic (exact) mass is 372 g/mol. The predicted octanol–water partition coefficient (Wildman–Crippen LogP) is 4.89. The van der Waals surface area contributed by atoms with Crippen LogP contribution in [0, 0.1) is 5.92 Å². The summed E-state index contributed by atoms with van der Waals surface area (Å²) in [6, 6.07) is 5.08. The highest BCUT2D eigenvalue weighted by atomic mass is 79.9. The van der Waals surface area contributed by atoms with Gasteiger partial charge in [-0.2, -0.15) is 0 Å². The van der Waals surface area contributed by atoms with Gasteiger partial charge in [-0.1, -0.05) is 27.7 Å². The number of piperazine rings is 1. The topological polar surface area (TPSA) is 15.3 Å². The van der Waals surface area contributed by atoms with Crippen molar-refractivity contribution in [3.8, 4) is 0 Å². The van der Waals surface area contributed by atoms with E-state index in [2.05, 4.69) is 66.0 Å². The molecule has 0 radical (unpaired) electrons. The molecule has 1 aromatic rings. The van der Waals surface area contributed by atoms with E-state index >= 15 is 0 Å². The lowest BCUT2D eigenvalue weighted by molar-refractivity contribution is 0.0214. The molecule has 0 bridgehead atoms. The molecule has 120 valence electrons. The van der Waals surface area contributed by atoms with Crippen molar-refractivity contribution in [3.05, 3.63) is 20.8 Å². The van der Waals surface area contributed by atoms with E-state index in [1.54, 1.807) is 0 Å². The highest BCUT2D eigenvalue weighted by molar-refractivity contribution is 9.11. The lowest BCUT2D eigenvalue weighted by Crippen LogP contribution is -2.63. The van der Waals surface area contributed by atoms with Gasteiger partial charge in [0.15, 0.2) is 0 Å². The van der Waals surface area contributed by atoms with Crippen molar-refractivity contribution < 1.29 is 0 Å². The summed E-state index contributed by atoms with van der Waals surface area (Å²) in [5.74, 6) is 0.760. The fourth-order valence-corrected chi connectivity index (χ4v) is 5.00. The highest BCUT2D eigenvalue weighted by Gasteiger charge is 2.38. The third-order valence-electron chi connectivity index (χ3n) is 4.88. The maximum atomic E-state index is 3.82. The number of hydrogen-bond donors (Lipinski definition) is 1. The van der Waals surface area contributed by atoms with Crippen molar-refractivity contribution in [1.29, 1.82) is 0 Å². The van der Waals surface area contributed by atoms with E-state index in [1.165, 1.54) is 34.5 Å². The van der Waals surface area contributed by atoms with Gasteiger partial charge in [0.25, 0.3) is 0 Å². The largest absolute Gasteiger partial charge is 0.311 e. The van der Waals surface area contributed by atoms with Gasteiger partial charge in [0.2, 0.25) is 0 Å². The summed E-state index contributed by atoms with van der Waals surface area (Å²) in [5, 5.41) is 3.82. The van der Waals surface area contributed by atoms with Gasteiger partial charge in [0.05, 0.1) is 3.79 Å². The molecule has 2 heterocycles. The second-order valence-corrected chi connectivity index (χ2v) is 9.27. The number of thiophene rings is 1. The molecule has 1 aliphatic rings. The minimum Gasteiger partial charge on any atom is -0.311 e. The number of hydrogen-bond acceptors (Lipinski definition) is 3. The predicted molar refractivity (Wildman–Crippen MR) is 97.0 cm³/mol. The van der Waals surface area contributed by atoms with Gasteiger partial charge in [-0.25, -0.2) is 0 Å². The second-order valence-electron chi connectivity index (χ2n) is 6.73. The molecular weight excluding hydrogens is 344 g/mol. The van der Waals surface area contributed by atoms with E-state index in [9.17, 15) is 0 Å². The van der Waals surface area contributed by atoms with Crippen LogP contribution in [-0.4, -0.2) is 29.6 Å². The average molecular weight is 373 g/mol. The molecule has 2 nitrogen and oxygen atoms in total. The van der Waals surface area contributed by atoms with Crippen LogP contribution in [-0.2, 0) is 6.54 Å². The Bertz CT molecular complexity index is 440. The summed E-state index contributed by atoms with van der Waals surface area (Å²) < 4.78 is 1.24. The Kier molecular flexibility index (Phi) is 6.30. The molecule has 1 N–H and O–H groups in total. The van der Waals surface area contributed by atoms with Gasteiger partial charge < -0.3 is 5.32 Å². The molecule has 1 aromatic heterocycles. The molecule has 0 saturated carbocycles. The summed E-state index contributed by atoms with van der Waals surface area (Å²) in [5.41, 5.74) is 0.323. The van der Waals surface area contributed by atoms with Gasteiger partial charge in [0.1, 0.15) is 0 Å². The standard InChI is InChI=1S/C17H29BrN2S/c1-5-17(6-2)12-19-14(9-13(3)4)10-20(17)11-15-7-8-16(18)21-15/h7-8,13-14,19H,5-6,9-12H2,1-4H3.